The van der Waals surface area contributed by atoms with Gasteiger partial charge in [-0.05, 0) is 36.8 Å². The monoisotopic (exact) mass is 243 g/mol. The Morgan fingerprint density at radius 3 is 3.00 bits per heavy atom. The van der Waals surface area contributed by atoms with E-state index in [9.17, 15) is 4.79 Å². The largest absolute Gasteiger partial charge is 0.330 e. The summed E-state index contributed by atoms with van der Waals surface area (Å²) >= 11 is 7.40. The second-order valence-electron chi connectivity index (χ2n) is 4.00. The van der Waals surface area contributed by atoms with Crippen molar-refractivity contribution in [2.45, 2.75) is 19.3 Å². The minimum atomic E-state index is 0.103. The molecule has 2 nitrogen and oxygen atoms in total. The maximum Gasteiger partial charge on any atom is 0.177 e. The third kappa shape index (κ3) is 2.10. The Kier molecular flexibility index (Phi) is 3.44. The Bertz CT molecular complexity index is 363. The predicted molar refractivity (Wildman–Crippen MR) is 63.5 cm³/mol. The molecule has 2 N–H and O–H groups in total. The van der Waals surface area contributed by atoms with Crippen molar-refractivity contribution >= 4 is 28.7 Å². The lowest BCUT2D eigenvalue weighted by Crippen LogP contribution is -2.24. The molecular weight excluding hydrogens is 230 g/mol. The number of carbonyl (C=O) groups excluding carboxylic acids is 1. The van der Waals surface area contributed by atoms with Crippen molar-refractivity contribution in [3.63, 3.8) is 0 Å². The molecule has 2 atom stereocenters. The third-order valence-electron chi connectivity index (χ3n) is 3.14. The van der Waals surface area contributed by atoms with Crippen molar-refractivity contribution in [2.24, 2.45) is 17.6 Å². The summed E-state index contributed by atoms with van der Waals surface area (Å²) < 4.78 is 0. The molecule has 0 bridgehead atoms. The molecule has 1 aliphatic rings. The molecule has 15 heavy (non-hydrogen) atoms. The lowest BCUT2D eigenvalue weighted by Gasteiger charge is -2.15. The van der Waals surface area contributed by atoms with Crippen LogP contribution >= 0.6 is 22.9 Å². The van der Waals surface area contributed by atoms with E-state index < -0.39 is 0 Å². The van der Waals surface area contributed by atoms with Crippen molar-refractivity contribution < 1.29 is 4.79 Å². The molecule has 2 unspecified atom stereocenters. The molecular formula is C11H14ClNOS. The van der Waals surface area contributed by atoms with Gasteiger partial charge in [-0.15, -0.1) is 11.3 Å². The van der Waals surface area contributed by atoms with Crippen LogP contribution in [0.25, 0.3) is 0 Å². The molecule has 1 aromatic rings. The number of thiophene rings is 1. The van der Waals surface area contributed by atoms with Crippen LogP contribution in [0.15, 0.2) is 11.4 Å². The minimum Gasteiger partial charge on any atom is -0.330 e. The van der Waals surface area contributed by atoms with Gasteiger partial charge in [-0.2, -0.15) is 0 Å². The first-order valence-electron chi connectivity index (χ1n) is 5.21. The van der Waals surface area contributed by atoms with Gasteiger partial charge in [0.1, 0.15) is 0 Å². The highest BCUT2D eigenvalue weighted by molar-refractivity contribution is 7.12. The molecule has 0 aliphatic heterocycles. The van der Waals surface area contributed by atoms with Crippen LogP contribution < -0.4 is 5.73 Å². The highest BCUT2D eigenvalue weighted by atomic mass is 35.5. The molecule has 1 saturated carbocycles. The molecule has 0 spiro atoms. The Labute approximate surface area is 98.4 Å². The van der Waals surface area contributed by atoms with Crippen molar-refractivity contribution in [1.82, 2.24) is 0 Å². The number of nitrogens with two attached hydrogens (primary N) is 1. The number of hydrogen-bond donors (Lipinski definition) is 1. The smallest absolute Gasteiger partial charge is 0.177 e. The number of carbonyl (C=O) groups is 1. The molecule has 0 radical (unpaired) electrons. The van der Waals surface area contributed by atoms with Crippen molar-refractivity contribution in [2.75, 3.05) is 6.54 Å². The first kappa shape index (κ1) is 11.1. The van der Waals surface area contributed by atoms with E-state index in [-0.39, 0.29) is 11.7 Å². The molecule has 4 heteroatoms. The van der Waals surface area contributed by atoms with Gasteiger partial charge in [0.2, 0.25) is 0 Å². The summed E-state index contributed by atoms with van der Waals surface area (Å²) in [5, 5.41) is 2.45. The van der Waals surface area contributed by atoms with E-state index in [1.165, 1.54) is 11.3 Å². The second-order valence-corrected chi connectivity index (χ2v) is 5.32. The van der Waals surface area contributed by atoms with Crippen LogP contribution in [0.5, 0.6) is 0 Å². The quantitative estimate of drug-likeness (QED) is 0.830. The molecule has 1 fully saturated rings. The number of Topliss-reactive ketones (excluding diaryl/α,β-unsaturated/α-hetero) is 1. The number of rotatable bonds is 3. The summed E-state index contributed by atoms with van der Waals surface area (Å²) in [6, 6.07) is 1.78. The summed E-state index contributed by atoms with van der Waals surface area (Å²) in [5.74, 6) is 0.657. The maximum atomic E-state index is 12.2. The van der Waals surface area contributed by atoms with E-state index in [1.807, 2.05) is 5.38 Å². The van der Waals surface area contributed by atoms with Crippen LogP contribution in [-0.4, -0.2) is 12.3 Å². The number of ketones is 1. The molecule has 1 heterocycles. The van der Waals surface area contributed by atoms with Crippen molar-refractivity contribution in [1.29, 1.82) is 0 Å². The standard InChI is InChI=1S/C11H14ClNOS/c12-9-4-5-15-11(9)10(14)8-3-1-2-7(8)6-13/h4-5,7-8H,1-3,6,13H2. The summed E-state index contributed by atoms with van der Waals surface area (Å²) in [7, 11) is 0. The van der Waals surface area contributed by atoms with E-state index in [1.54, 1.807) is 6.07 Å². The second kappa shape index (κ2) is 4.64. The van der Waals surface area contributed by atoms with Gasteiger partial charge < -0.3 is 5.73 Å². The van der Waals surface area contributed by atoms with Crippen molar-refractivity contribution in [3.05, 3.63) is 21.3 Å². The summed E-state index contributed by atoms with van der Waals surface area (Å²) in [6.07, 6.45) is 3.16. The first-order valence-corrected chi connectivity index (χ1v) is 6.47. The summed E-state index contributed by atoms with van der Waals surface area (Å²) in [5.41, 5.74) is 5.67. The lowest BCUT2D eigenvalue weighted by atomic mass is 9.91. The van der Waals surface area contributed by atoms with Crippen LogP contribution in [-0.2, 0) is 0 Å². The van der Waals surface area contributed by atoms with E-state index in [0.29, 0.717) is 22.4 Å². The molecule has 0 amide bonds. The third-order valence-corrected chi connectivity index (χ3v) is 4.50. The van der Waals surface area contributed by atoms with Crippen LogP contribution in [0.3, 0.4) is 0 Å². The predicted octanol–water partition coefficient (Wildman–Crippen LogP) is 2.96. The van der Waals surface area contributed by atoms with Gasteiger partial charge in [0.25, 0.3) is 0 Å². The van der Waals surface area contributed by atoms with Crippen LogP contribution in [0.4, 0.5) is 0 Å². The van der Waals surface area contributed by atoms with Gasteiger partial charge in [0.15, 0.2) is 5.78 Å². The maximum absolute atomic E-state index is 12.2. The van der Waals surface area contributed by atoms with Crippen molar-refractivity contribution in [3.8, 4) is 0 Å². The molecule has 0 aromatic carbocycles. The molecule has 0 saturated heterocycles. The Hall–Kier alpha value is -0.380. The van der Waals surface area contributed by atoms with E-state index >= 15 is 0 Å². The van der Waals surface area contributed by atoms with Gasteiger partial charge in [-0.25, -0.2) is 0 Å². The highest BCUT2D eigenvalue weighted by Crippen LogP contribution is 2.36. The fraction of sp³-hybridized carbons (Fsp3) is 0.545. The zero-order chi connectivity index (χ0) is 10.8. The Morgan fingerprint density at radius 2 is 2.40 bits per heavy atom. The van der Waals surface area contributed by atoms with E-state index in [0.717, 1.165) is 19.3 Å². The zero-order valence-corrected chi connectivity index (χ0v) is 9.98. The fourth-order valence-electron chi connectivity index (χ4n) is 2.30. The van der Waals surface area contributed by atoms with E-state index in [4.69, 9.17) is 17.3 Å². The first-order chi connectivity index (χ1) is 7.24. The molecule has 1 aliphatic carbocycles. The SMILES string of the molecule is NCC1CCCC1C(=O)c1sccc1Cl. The highest BCUT2D eigenvalue weighted by Gasteiger charge is 2.33. The van der Waals surface area contributed by atoms with Crippen LogP contribution in [0, 0.1) is 11.8 Å². The van der Waals surface area contributed by atoms with Crippen LogP contribution in [0.1, 0.15) is 28.9 Å². The zero-order valence-electron chi connectivity index (χ0n) is 8.41. The van der Waals surface area contributed by atoms with Gasteiger partial charge in [0.05, 0.1) is 9.90 Å². The number of hydrogen-bond acceptors (Lipinski definition) is 3. The Morgan fingerprint density at radius 1 is 1.60 bits per heavy atom. The summed E-state index contributed by atoms with van der Waals surface area (Å²) in [4.78, 5) is 12.9. The topological polar surface area (TPSA) is 43.1 Å². The fourth-order valence-corrected chi connectivity index (χ4v) is 3.45. The molecule has 1 aromatic heterocycles. The summed E-state index contributed by atoms with van der Waals surface area (Å²) in [6.45, 7) is 0.611. The number of halogens is 1. The van der Waals surface area contributed by atoms with Gasteiger partial charge in [-0.3, -0.25) is 4.79 Å². The molecule has 2 rings (SSSR count). The van der Waals surface area contributed by atoms with Gasteiger partial charge in [0, 0.05) is 5.92 Å². The minimum absolute atomic E-state index is 0.103. The van der Waals surface area contributed by atoms with E-state index in [2.05, 4.69) is 0 Å². The average molecular weight is 244 g/mol. The lowest BCUT2D eigenvalue weighted by molar-refractivity contribution is 0.0898. The average Bonchev–Trinajstić information content (AvgIpc) is 2.84. The Balaban J connectivity index is 2.18. The normalized spacial score (nSPS) is 25.7. The van der Waals surface area contributed by atoms with Gasteiger partial charge >= 0.3 is 0 Å². The van der Waals surface area contributed by atoms with Gasteiger partial charge in [-0.1, -0.05) is 18.0 Å². The van der Waals surface area contributed by atoms with Crippen LogP contribution in [0.2, 0.25) is 5.02 Å². The molecule has 82 valence electrons.